The van der Waals surface area contributed by atoms with Crippen molar-refractivity contribution in [1.82, 2.24) is 0 Å². The zero-order chi connectivity index (χ0) is 13.1. The van der Waals surface area contributed by atoms with Crippen LogP contribution < -0.4 is 0 Å². The molecule has 0 aliphatic rings. The lowest BCUT2D eigenvalue weighted by molar-refractivity contribution is -0.153. The van der Waals surface area contributed by atoms with Crippen molar-refractivity contribution in [1.29, 1.82) is 0 Å². The van der Waals surface area contributed by atoms with E-state index in [4.69, 9.17) is 16.3 Å². The van der Waals surface area contributed by atoms with Gasteiger partial charge in [0.05, 0.1) is 0 Å². The first-order valence-electron chi connectivity index (χ1n) is 5.43. The molecule has 0 amide bonds. The van der Waals surface area contributed by atoms with E-state index < -0.39 is 5.60 Å². The third-order valence-electron chi connectivity index (χ3n) is 1.87. The molecule has 0 saturated carbocycles. The highest BCUT2D eigenvalue weighted by Crippen LogP contribution is 2.26. The highest BCUT2D eigenvalue weighted by atomic mass is 35.5. The maximum Gasteiger partial charge on any atom is 0.319 e. The highest BCUT2D eigenvalue weighted by molar-refractivity contribution is 8.00. The van der Waals surface area contributed by atoms with Crippen LogP contribution >= 0.6 is 23.4 Å². The fraction of sp³-hybridized carbons (Fsp3) is 0.462. The van der Waals surface area contributed by atoms with Gasteiger partial charge in [0.15, 0.2) is 0 Å². The van der Waals surface area contributed by atoms with E-state index in [1.807, 2.05) is 52.0 Å². The number of benzene rings is 1. The summed E-state index contributed by atoms with van der Waals surface area (Å²) in [6.07, 6.45) is 0. The van der Waals surface area contributed by atoms with Crippen LogP contribution in [0.2, 0.25) is 5.02 Å². The number of esters is 1. The van der Waals surface area contributed by atoms with Gasteiger partial charge in [-0.1, -0.05) is 11.6 Å². The first kappa shape index (κ1) is 14.4. The van der Waals surface area contributed by atoms with Gasteiger partial charge in [0.2, 0.25) is 0 Å². The van der Waals surface area contributed by atoms with Crippen LogP contribution in [0.1, 0.15) is 27.7 Å². The summed E-state index contributed by atoms with van der Waals surface area (Å²) in [4.78, 5) is 12.8. The third-order valence-corrected chi connectivity index (χ3v) is 3.21. The number of carbonyl (C=O) groups excluding carboxylic acids is 1. The van der Waals surface area contributed by atoms with E-state index >= 15 is 0 Å². The normalized spacial score (nSPS) is 13.2. The summed E-state index contributed by atoms with van der Waals surface area (Å²) in [7, 11) is 0. The molecule has 0 radical (unpaired) electrons. The molecule has 0 aromatic heterocycles. The van der Waals surface area contributed by atoms with Crippen molar-refractivity contribution in [2.24, 2.45) is 0 Å². The molecule has 1 aromatic rings. The first-order chi connectivity index (χ1) is 7.78. The van der Waals surface area contributed by atoms with Gasteiger partial charge in [0.1, 0.15) is 10.9 Å². The molecule has 0 heterocycles. The Morgan fingerprint density at radius 1 is 1.29 bits per heavy atom. The molecule has 0 fully saturated rings. The largest absolute Gasteiger partial charge is 0.459 e. The zero-order valence-corrected chi connectivity index (χ0v) is 12.1. The molecule has 0 aliphatic carbocycles. The average molecular weight is 273 g/mol. The van der Waals surface area contributed by atoms with E-state index in [-0.39, 0.29) is 11.2 Å². The highest BCUT2D eigenvalue weighted by Gasteiger charge is 2.22. The predicted octanol–water partition coefficient (Wildman–Crippen LogP) is 4.16. The summed E-state index contributed by atoms with van der Waals surface area (Å²) in [5.41, 5.74) is -0.439. The molecule has 1 aromatic carbocycles. The Kier molecular flexibility index (Phi) is 4.90. The van der Waals surface area contributed by atoms with Gasteiger partial charge in [-0.2, -0.15) is 0 Å². The van der Waals surface area contributed by atoms with Crippen LogP contribution in [-0.2, 0) is 9.53 Å². The fourth-order valence-electron chi connectivity index (χ4n) is 1.15. The zero-order valence-electron chi connectivity index (χ0n) is 10.5. The molecule has 0 bridgehead atoms. The molecule has 0 aliphatic heterocycles. The van der Waals surface area contributed by atoms with Gasteiger partial charge in [-0.25, -0.2) is 0 Å². The van der Waals surface area contributed by atoms with E-state index in [2.05, 4.69) is 0 Å². The minimum atomic E-state index is -0.439. The Balaban J connectivity index is 2.57. The van der Waals surface area contributed by atoms with E-state index in [1.54, 1.807) is 0 Å². The average Bonchev–Trinajstić information content (AvgIpc) is 2.19. The Morgan fingerprint density at radius 3 is 2.29 bits per heavy atom. The minimum absolute atomic E-state index is 0.197. The summed E-state index contributed by atoms with van der Waals surface area (Å²) in [6, 6.07) is 7.42. The van der Waals surface area contributed by atoms with Crippen molar-refractivity contribution >= 4 is 29.3 Å². The van der Waals surface area contributed by atoms with Crippen molar-refractivity contribution in [2.75, 3.05) is 0 Å². The molecule has 2 nitrogen and oxygen atoms in total. The number of carbonyl (C=O) groups is 1. The molecule has 1 atom stereocenters. The van der Waals surface area contributed by atoms with Crippen LogP contribution in [0, 0.1) is 0 Å². The molecule has 1 rings (SSSR count). The number of halogens is 1. The van der Waals surface area contributed by atoms with Gasteiger partial charge >= 0.3 is 5.97 Å². The lowest BCUT2D eigenvalue weighted by atomic mass is 10.2. The summed E-state index contributed by atoms with van der Waals surface area (Å²) in [5, 5.41) is 0.467. The molecular formula is C13H17ClO2S. The van der Waals surface area contributed by atoms with Crippen molar-refractivity contribution in [2.45, 2.75) is 43.4 Å². The Hall–Kier alpha value is -0.670. The van der Waals surface area contributed by atoms with Crippen LogP contribution in [0.3, 0.4) is 0 Å². The number of ether oxygens (including phenoxy) is 1. The molecule has 0 spiro atoms. The van der Waals surface area contributed by atoms with Gasteiger partial charge < -0.3 is 4.74 Å². The Labute approximate surface area is 112 Å². The van der Waals surface area contributed by atoms with Crippen LogP contribution in [0.15, 0.2) is 29.2 Å². The molecule has 94 valence electrons. The number of hydrogen-bond acceptors (Lipinski definition) is 3. The van der Waals surface area contributed by atoms with Crippen LogP contribution in [0.25, 0.3) is 0 Å². The lowest BCUT2D eigenvalue weighted by Crippen LogP contribution is -2.28. The van der Waals surface area contributed by atoms with Crippen LogP contribution in [-0.4, -0.2) is 16.8 Å². The second-order valence-corrected chi connectivity index (χ2v) is 6.60. The van der Waals surface area contributed by atoms with Crippen molar-refractivity contribution in [3.05, 3.63) is 29.3 Å². The third kappa shape index (κ3) is 5.46. The van der Waals surface area contributed by atoms with Crippen molar-refractivity contribution in [3.63, 3.8) is 0 Å². The van der Waals surface area contributed by atoms with Crippen LogP contribution in [0.5, 0.6) is 0 Å². The van der Waals surface area contributed by atoms with E-state index in [9.17, 15) is 4.79 Å². The topological polar surface area (TPSA) is 26.3 Å². The van der Waals surface area contributed by atoms with E-state index in [0.717, 1.165) is 4.90 Å². The first-order valence-corrected chi connectivity index (χ1v) is 6.69. The maximum absolute atomic E-state index is 11.8. The molecule has 0 N–H and O–H groups in total. The molecule has 0 saturated heterocycles. The maximum atomic E-state index is 11.8. The molecular weight excluding hydrogens is 256 g/mol. The second-order valence-electron chi connectivity index (χ2n) is 4.75. The number of hydrogen-bond donors (Lipinski definition) is 0. The minimum Gasteiger partial charge on any atom is -0.459 e. The summed E-state index contributed by atoms with van der Waals surface area (Å²) in [5.74, 6) is -0.197. The Bertz CT molecular complexity index is 381. The smallest absolute Gasteiger partial charge is 0.319 e. The van der Waals surface area contributed by atoms with Gasteiger partial charge in [-0.05, 0) is 52.0 Å². The second kappa shape index (κ2) is 5.78. The SMILES string of the molecule is CC(Sc1ccc(Cl)cc1)C(=O)OC(C)(C)C. The van der Waals surface area contributed by atoms with Gasteiger partial charge in [0.25, 0.3) is 0 Å². The van der Waals surface area contributed by atoms with E-state index in [0.29, 0.717) is 5.02 Å². The number of thioether (sulfide) groups is 1. The van der Waals surface area contributed by atoms with Gasteiger partial charge in [0, 0.05) is 9.92 Å². The van der Waals surface area contributed by atoms with Gasteiger partial charge in [-0.15, -0.1) is 11.8 Å². The molecule has 4 heteroatoms. The summed E-state index contributed by atoms with van der Waals surface area (Å²) >= 11 is 7.26. The standard InChI is InChI=1S/C13H17ClO2S/c1-9(12(15)16-13(2,3)4)17-11-7-5-10(14)6-8-11/h5-9H,1-4H3. The van der Waals surface area contributed by atoms with Crippen molar-refractivity contribution < 1.29 is 9.53 Å². The predicted molar refractivity (Wildman–Crippen MR) is 72.6 cm³/mol. The van der Waals surface area contributed by atoms with Crippen molar-refractivity contribution in [3.8, 4) is 0 Å². The number of rotatable bonds is 3. The van der Waals surface area contributed by atoms with E-state index in [1.165, 1.54) is 11.8 Å². The Morgan fingerprint density at radius 2 is 1.82 bits per heavy atom. The molecule has 17 heavy (non-hydrogen) atoms. The summed E-state index contributed by atoms with van der Waals surface area (Å²) in [6.45, 7) is 7.44. The lowest BCUT2D eigenvalue weighted by Gasteiger charge is -2.22. The van der Waals surface area contributed by atoms with Crippen LogP contribution in [0.4, 0.5) is 0 Å². The van der Waals surface area contributed by atoms with Gasteiger partial charge in [-0.3, -0.25) is 4.79 Å². The summed E-state index contributed by atoms with van der Waals surface area (Å²) < 4.78 is 5.31. The fourth-order valence-corrected chi connectivity index (χ4v) is 2.12. The monoisotopic (exact) mass is 272 g/mol. The quantitative estimate of drug-likeness (QED) is 0.610. The molecule has 1 unspecified atom stereocenters.